The van der Waals surface area contributed by atoms with E-state index in [0.29, 0.717) is 34.9 Å². The third-order valence-corrected chi connectivity index (χ3v) is 3.11. The van der Waals surface area contributed by atoms with E-state index >= 15 is 0 Å². The monoisotopic (exact) mass is 287 g/mol. The zero-order valence-corrected chi connectivity index (χ0v) is 12.3. The number of hydrogen-bond donors (Lipinski definition) is 1. The van der Waals surface area contributed by atoms with E-state index in [1.165, 1.54) is 0 Å². The van der Waals surface area contributed by atoms with Crippen molar-refractivity contribution in [1.29, 1.82) is 0 Å². The molecule has 0 atom stereocenters. The minimum absolute atomic E-state index is 0.362. The van der Waals surface area contributed by atoms with Crippen LogP contribution in [-0.2, 0) is 6.42 Å². The van der Waals surface area contributed by atoms with E-state index in [0.717, 1.165) is 18.5 Å². The molecule has 0 unspecified atom stereocenters. The van der Waals surface area contributed by atoms with Crippen molar-refractivity contribution in [3.8, 4) is 23.1 Å². The Morgan fingerprint density at radius 3 is 2.81 bits per heavy atom. The van der Waals surface area contributed by atoms with Gasteiger partial charge in [-0.2, -0.15) is 10.1 Å². The lowest BCUT2D eigenvalue weighted by Crippen LogP contribution is -1.85. The van der Waals surface area contributed by atoms with Gasteiger partial charge in [0, 0.05) is 12.1 Å². The number of nitrogens with zero attached hydrogens (tertiary/aromatic N) is 4. The second kappa shape index (κ2) is 5.51. The molecule has 0 bridgehead atoms. The van der Waals surface area contributed by atoms with Crippen molar-refractivity contribution in [2.24, 2.45) is 0 Å². The van der Waals surface area contributed by atoms with Crippen LogP contribution in [0.5, 0.6) is 0 Å². The fourth-order valence-corrected chi connectivity index (χ4v) is 1.92. The summed E-state index contributed by atoms with van der Waals surface area (Å²) >= 11 is 0. The predicted molar refractivity (Wildman–Crippen MR) is 75.5 cm³/mol. The first-order valence-electron chi connectivity index (χ1n) is 7.01. The van der Waals surface area contributed by atoms with Gasteiger partial charge in [-0.3, -0.25) is 5.10 Å². The molecule has 21 heavy (non-hydrogen) atoms. The number of rotatable bonds is 5. The standard InChI is InChI=1S/C14H17N5O2/c1-4-5-12-15-11(7-20-12)13-16-14(21-19-13)10-6-9(8(2)3)17-18-10/h6-8H,4-5H2,1-3H3,(H,17,18). The Morgan fingerprint density at radius 2 is 2.10 bits per heavy atom. The largest absolute Gasteiger partial charge is 0.448 e. The molecule has 1 N–H and O–H groups in total. The molecule has 3 heterocycles. The number of nitrogens with one attached hydrogen (secondary N) is 1. The van der Waals surface area contributed by atoms with Gasteiger partial charge in [0.25, 0.3) is 5.89 Å². The normalized spacial score (nSPS) is 11.4. The Balaban J connectivity index is 1.84. The van der Waals surface area contributed by atoms with Gasteiger partial charge in [-0.25, -0.2) is 4.98 Å². The molecule has 0 aliphatic rings. The molecule has 3 aromatic rings. The van der Waals surface area contributed by atoms with E-state index in [-0.39, 0.29) is 0 Å². The second-order valence-electron chi connectivity index (χ2n) is 5.16. The van der Waals surface area contributed by atoms with Gasteiger partial charge in [0.05, 0.1) is 0 Å². The summed E-state index contributed by atoms with van der Waals surface area (Å²) in [7, 11) is 0. The van der Waals surface area contributed by atoms with Gasteiger partial charge < -0.3 is 8.94 Å². The number of oxazole rings is 1. The van der Waals surface area contributed by atoms with Gasteiger partial charge in [-0.05, 0) is 18.4 Å². The maximum atomic E-state index is 5.36. The van der Waals surface area contributed by atoms with Crippen LogP contribution in [0, 0.1) is 0 Å². The topological polar surface area (TPSA) is 93.6 Å². The van der Waals surface area contributed by atoms with Gasteiger partial charge in [0.2, 0.25) is 5.82 Å². The lowest BCUT2D eigenvalue weighted by atomic mass is 10.1. The molecule has 3 aromatic heterocycles. The van der Waals surface area contributed by atoms with E-state index in [1.54, 1.807) is 6.26 Å². The molecule has 0 aromatic carbocycles. The highest BCUT2D eigenvalue weighted by Crippen LogP contribution is 2.23. The van der Waals surface area contributed by atoms with Crippen molar-refractivity contribution < 1.29 is 8.94 Å². The quantitative estimate of drug-likeness (QED) is 0.774. The van der Waals surface area contributed by atoms with Crippen LogP contribution in [-0.4, -0.2) is 25.3 Å². The first-order chi connectivity index (χ1) is 10.2. The zero-order chi connectivity index (χ0) is 14.8. The molecular weight excluding hydrogens is 270 g/mol. The van der Waals surface area contributed by atoms with Crippen molar-refractivity contribution in [3.05, 3.63) is 23.9 Å². The van der Waals surface area contributed by atoms with Gasteiger partial charge in [0.15, 0.2) is 11.6 Å². The first-order valence-corrected chi connectivity index (χ1v) is 7.01. The molecule has 7 heteroatoms. The Kier molecular flexibility index (Phi) is 3.55. The molecular formula is C14H17N5O2. The fraction of sp³-hybridized carbons (Fsp3) is 0.429. The molecule has 0 saturated heterocycles. The Bertz CT molecular complexity index is 725. The zero-order valence-electron chi connectivity index (χ0n) is 12.3. The molecule has 0 aliphatic heterocycles. The smallest absolute Gasteiger partial charge is 0.278 e. The van der Waals surface area contributed by atoms with E-state index in [4.69, 9.17) is 8.94 Å². The van der Waals surface area contributed by atoms with E-state index in [9.17, 15) is 0 Å². The maximum Gasteiger partial charge on any atom is 0.278 e. The summed E-state index contributed by atoms with van der Waals surface area (Å²) in [5.74, 6) is 1.82. The van der Waals surface area contributed by atoms with Crippen molar-refractivity contribution in [3.63, 3.8) is 0 Å². The van der Waals surface area contributed by atoms with Gasteiger partial charge in [0.1, 0.15) is 12.0 Å². The van der Waals surface area contributed by atoms with Crippen LogP contribution in [0.1, 0.15) is 44.7 Å². The van der Waals surface area contributed by atoms with Crippen molar-refractivity contribution in [2.75, 3.05) is 0 Å². The first kappa shape index (κ1) is 13.5. The van der Waals surface area contributed by atoms with E-state index in [2.05, 4.69) is 46.1 Å². The minimum Gasteiger partial charge on any atom is -0.448 e. The van der Waals surface area contributed by atoms with Crippen molar-refractivity contribution >= 4 is 0 Å². The predicted octanol–water partition coefficient (Wildman–Crippen LogP) is 3.19. The number of aromatic amines is 1. The molecule has 0 amide bonds. The van der Waals surface area contributed by atoms with E-state index < -0.39 is 0 Å². The highest BCUT2D eigenvalue weighted by molar-refractivity contribution is 5.53. The van der Waals surface area contributed by atoms with Crippen molar-refractivity contribution in [1.82, 2.24) is 25.3 Å². The van der Waals surface area contributed by atoms with Crippen LogP contribution in [0.25, 0.3) is 23.1 Å². The summed E-state index contributed by atoms with van der Waals surface area (Å²) in [5, 5.41) is 11.1. The molecule has 0 spiro atoms. The lowest BCUT2D eigenvalue weighted by molar-refractivity contribution is 0.430. The number of H-pyrrole nitrogens is 1. The number of aromatic nitrogens is 5. The van der Waals surface area contributed by atoms with Crippen LogP contribution in [0.2, 0.25) is 0 Å². The summed E-state index contributed by atoms with van der Waals surface area (Å²) < 4.78 is 10.6. The Labute approximate surface area is 121 Å². The van der Waals surface area contributed by atoms with Gasteiger partial charge in [-0.15, -0.1) is 0 Å². The highest BCUT2D eigenvalue weighted by atomic mass is 16.5. The highest BCUT2D eigenvalue weighted by Gasteiger charge is 2.17. The fourth-order valence-electron chi connectivity index (χ4n) is 1.92. The third kappa shape index (κ3) is 2.72. The molecule has 0 fully saturated rings. The van der Waals surface area contributed by atoms with Crippen LogP contribution >= 0.6 is 0 Å². The summed E-state index contributed by atoms with van der Waals surface area (Å²) in [5.41, 5.74) is 2.24. The van der Waals surface area contributed by atoms with Crippen LogP contribution in [0.3, 0.4) is 0 Å². The average molecular weight is 287 g/mol. The Morgan fingerprint density at radius 1 is 1.24 bits per heavy atom. The molecule has 0 aliphatic carbocycles. The summed E-state index contributed by atoms with van der Waals surface area (Å²) in [6.07, 6.45) is 3.31. The summed E-state index contributed by atoms with van der Waals surface area (Å²) in [6, 6.07) is 1.91. The second-order valence-corrected chi connectivity index (χ2v) is 5.16. The van der Waals surface area contributed by atoms with Crippen LogP contribution in [0.4, 0.5) is 0 Å². The molecule has 0 radical (unpaired) electrons. The van der Waals surface area contributed by atoms with Crippen molar-refractivity contribution in [2.45, 2.75) is 39.5 Å². The molecule has 3 rings (SSSR count). The van der Waals surface area contributed by atoms with Gasteiger partial charge >= 0.3 is 0 Å². The molecule has 7 nitrogen and oxygen atoms in total. The minimum atomic E-state index is 0.362. The SMILES string of the molecule is CCCc1nc(-c2noc(-c3cc(C(C)C)[nH]n3)n2)co1. The van der Waals surface area contributed by atoms with Crippen LogP contribution < -0.4 is 0 Å². The van der Waals surface area contributed by atoms with Gasteiger partial charge in [-0.1, -0.05) is 25.9 Å². The van der Waals surface area contributed by atoms with E-state index in [1.807, 2.05) is 6.07 Å². The third-order valence-electron chi connectivity index (χ3n) is 3.11. The Hall–Kier alpha value is -2.44. The maximum absolute atomic E-state index is 5.36. The summed E-state index contributed by atoms with van der Waals surface area (Å²) in [4.78, 5) is 8.64. The lowest BCUT2D eigenvalue weighted by Gasteiger charge is -1.95. The molecule has 0 saturated carbocycles. The summed E-state index contributed by atoms with van der Waals surface area (Å²) in [6.45, 7) is 6.24. The number of aryl methyl sites for hydroxylation is 1. The number of hydrogen-bond acceptors (Lipinski definition) is 6. The van der Waals surface area contributed by atoms with Crippen LogP contribution in [0.15, 0.2) is 21.3 Å². The molecule has 110 valence electrons. The average Bonchev–Trinajstić information content (AvgIpc) is 3.18.